The third-order valence-corrected chi connectivity index (χ3v) is 9.75. The number of amides is 2. The summed E-state index contributed by atoms with van der Waals surface area (Å²) >= 11 is 0. The molecule has 4 aromatic carbocycles. The molecule has 0 unspecified atom stereocenters. The second kappa shape index (κ2) is 15.0. The Labute approximate surface area is 268 Å². The van der Waals surface area contributed by atoms with Crippen molar-refractivity contribution >= 4 is 27.5 Å². The smallest absolute Gasteiger partial charge is 0.264 e. The van der Waals surface area contributed by atoms with Crippen molar-refractivity contribution in [3.63, 3.8) is 0 Å². The Morgan fingerprint density at radius 2 is 1.38 bits per heavy atom. The lowest BCUT2D eigenvalue weighted by molar-refractivity contribution is -0.140. The second-order valence-electron chi connectivity index (χ2n) is 11.6. The number of nitrogens with one attached hydrogen (secondary N) is 1. The van der Waals surface area contributed by atoms with Crippen LogP contribution in [-0.2, 0) is 32.6 Å². The summed E-state index contributed by atoms with van der Waals surface area (Å²) in [5.74, 6) is -0.752. The van der Waals surface area contributed by atoms with Gasteiger partial charge in [-0.25, -0.2) is 8.42 Å². The van der Waals surface area contributed by atoms with Crippen LogP contribution in [0.15, 0.2) is 102 Å². The predicted molar refractivity (Wildman–Crippen MR) is 181 cm³/mol. The first-order valence-electron chi connectivity index (χ1n) is 15.3. The van der Waals surface area contributed by atoms with Gasteiger partial charge in [0.15, 0.2) is 0 Å². The van der Waals surface area contributed by atoms with Crippen LogP contribution in [0.4, 0.5) is 5.69 Å². The minimum Gasteiger partial charge on any atom is -0.354 e. The number of sulfonamides is 1. The molecule has 0 aliphatic heterocycles. The van der Waals surface area contributed by atoms with Crippen LogP contribution in [0.1, 0.15) is 46.7 Å². The zero-order chi connectivity index (χ0) is 32.6. The molecular weight excluding hydrogens is 582 g/mol. The third-order valence-electron chi connectivity index (χ3n) is 7.96. The van der Waals surface area contributed by atoms with Crippen molar-refractivity contribution in [1.82, 2.24) is 10.2 Å². The summed E-state index contributed by atoms with van der Waals surface area (Å²) in [6.45, 7) is 9.84. The molecule has 0 bridgehead atoms. The van der Waals surface area contributed by atoms with Gasteiger partial charge < -0.3 is 10.2 Å². The average molecular weight is 626 g/mol. The first-order chi connectivity index (χ1) is 21.5. The molecule has 0 heterocycles. The number of rotatable bonds is 13. The zero-order valence-electron chi connectivity index (χ0n) is 26.8. The topological polar surface area (TPSA) is 86.8 Å². The molecule has 0 aliphatic rings. The first-order valence-corrected chi connectivity index (χ1v) is 16.8. The SMILES string of the molecule is CCCNC(=O)[C@H](Cc1ccccc1)N(Cc1ccc(C)cc1)C(=O)CN(c1ccc(C)c(C)c1)S(=O)(=O)c1ccc(C)cc1. The van der Waals surface area contributed by atoms with Crippen LogP contribution in [0, 0.1) is 27.7 Å². The van der Waals surface area contributed by atoms with Crippen molar-refractivity contribution < 1.29 is 18.0 Å². The van der Waals surface area contributed by atoms with Gasteiger partial charge in [-0.1, -0.05) is 90.8 Å². The highest BCUT2D eigenvalue weighted by Gasteiger charge is 2.34. The Kier molecular flexibility index (Phi) is 11.2. The predicted octanol–water partition coefficient (Wildman–Crippen LogP) is 6.28. The molecular formula is C37H43N3O4S. The Morgan fingerprint density at radius 3 is 1.98 bits per heavy atom. The van der Waals surface area contributed by atoms with E-state index in [9.17, 15) is 18.0 Å². The largest absolute Gasteiger partial charge is 0.354 e. The monoisotopic (exact) mass is 625 g/mol. The van der Waals surface area contributed by atoms with Gasteiger partial charge in [-0.2, -0.15) is 0 Å². The maximum absolute atomic E-state index is 14.5. The fourth-order valence-electron chi connectivity index (χ4n) is 5.06. The van der Waals surface area contributed by atoms with E-state index in [2.05, 4.69) is 5.32 Å². The van der Waals surface area contributed by atoms with Crippen molar-refractivity contribution in [1.29, 1.82) is 0 Å². The van der Waals surface area contributed by atoms with Crippen LogP contribution < -0.4 is 9.62 Å². The van der Waals surface area contributed by atoms with Crippen molar-refractivity contribution in [2.45, 2.75) is 64.9 Å². The van der Waals surface area contributed by atoms with Crippen LogP contribution in [0.5, 0.6) is 0 Å². The maximum Gasteiger partial charge on any atom is 0.264 e. The number of anilines is 1. The molecule has 1 N–H and O–H groups in total. The van der Waals surface area contributed by atoms with E-state index in [1.807, 2.05) is 95.3 Å². The molecule has 0 saturated heterocycles. The molecule has 2 amide bonds. The van der Waals surface area contributed by atoms with Gasteiger partial charge in [0.25, 0.3) is 10.0 Å². The number of hydrogen-bond acceptors (Lipinski definition) is 4. The van der Waals surface area contributed by atoms with E-state index in [0.717, 1.165) is 44.1 Å². The molecule has 236 valence electrons. The molecule has 0 radical (unpaired) electrons. The highest BCUT2D eigenvalue weighted by atomic mass is 32.2. The van der Waals surface area contributed by atoms with E-state index >= 15 is 0 Å². The van der Waals surface area contributed by atoms with Crippen LogP contribution in [0.2, 0.25) is 0 Å². The van der Waals surface area contributed by atoms with Crippen molar-refractivity contribution in [3.05, 3.63) is 130 Å². The molecule has 0 aromatic heterocycles. The quantitative estimate of drug-likeness (QED) is 0.190. The van der Waals surface area contributed by atoms with Gasteiger partial charge in [0.2, 0.25) is 11.8 Å². The van der Waals surface area contributed by atoms with Gasteiger partial charge in [0.05, 0.1) is 10.6 Å². The zero-order valence-corrected chi connectivity index (χ0v) is 27.6. The van der Waals surface area contributed by atoms with E-state index in [-0.39, 0.29) is 23.8 Å². The third kappa shape index (κ3) is 8.60. The molecule has 0 spiro atoms. The summed E-state index contributed by atoms with van der Waals surface area (Å²) in [7, 11) is -4.14. The van der Waals surface area contributed by atoms with Crippen molar-refractivity contribution in [2.75, 3.05) is 17.4 Å². The van der Waals surface area contributed by atoms with Gasteiger partial charge in [-0.3, -0.25) is 13.9 Å². The first kappa shape index (κ1) is 33.5. The molecule has 4 rings (SSSR count). The molecule has 0 aliphatic carbocycles. The van der Waals surface area contributed by atoms with Gasteiger partial charge >= 0.3 is 0 Å². The minimum atomic E-state index is -4.14. The van der Waals surface area contributed by atoms with E-state index in [1.54, 1.807) is 36.4 Å². The van der Waals surface area contributed by atoms with E-state index in [1.165, 1.54) is 4.90 Å². The van der Waals surface area contributed by atoms with Crippen LogP contribution in [0.3, 0.4) is 0 Å². The lowest BCUT2D eigenvalue weighted by Gasteiger charge is -2.34. The molecule has 0 saturated carbocycles. The van der Waals surface area contributed by atoms with E-state index in [0.29, 0.717) is 12.2 Å². The molecule has 4 aromatic rings. The summed E-state index contributed by atoms with van der Waals surface area (Å²) in [5.41, 5.74) is 6.04. The molecule has 0 fully saturated rings. The van der Waals surface area contributed by atoms with Gasteiger partial charge in [0.1, 0.15) is 12.6 Å². The molecule has 7 nitrogen and oxygen atoms in total. The van der Waals surface area contributed by atoms with Crippen molar-refractivity contribution in [2.24, 2.45) is 0 Å². The number of nitrogens with zero attached hydrogens (tertiary/aromatic N) is 2. The summed E-state index contributed by atoms with van der Waals surface area (Å²) < 4.78 is 29.6. The number of carbonyl (C=O) groups excluding carboxylic acids is 2. The summed E-state index contributed by atoms with van der Waals surface area (Å²) in [5, 5.41) is 2.98. The van der Waals surface area contributed by atoms with Crippen LogP contribution >= 0.6 is 0 Å². The second-order valence-corrected chi connectivity index (χ2v) is 13.5. The fraction of sp³-hybridized carbons (Fsp3) is 0.297. The van der Waals surface area contributed by atoms with E-state index < -0.39 is 28.5 Å². The number of aryl methyl sites for hydroxylation is 4. The fourth-order valence-corrected chi connectivity index (χ4v) is 6.46. The lowest BCUT2D eigenvalue weighted by Crippen LogP contribution is -2.53. The van der Waals surface area contributed by atoms with Gasteiger partial charge in [-0.15, -0.1) is 0 Å². The number of hydrogen-bond donors (Lipinski definition) is 1. The number of carbonyl (C=O) groups is 2. The van der Waals surface area contributed by atoms with Gasteiger partial charge in [-0.05, 0) is 80.6 Å². The van der Waals surface area contributed by atoms with E-state index in [4.69, 9.17) is 0 Å². The lowest BCUT2D eigenvalue weighted by atomic mass is 10.0. The highest BCUT2D eigenvalue weighted by Crippen LogP contribution is 2.27. The Balaban J connectivity index is 1.81. The van der Waals surface area contributed by atoms with Gasteiger partial charge in [0, 0.05) is 19.5 Å². The molecule has 8 heteroatoms. The number of benzene rings is 4. The molecule has 45 heavy (non-hydrogen) atoms. The summed E-state index contributed by atoms with van der Waals surface area (Å²) in [4.78, 5) is 29.9. The Morgan fingerprint density at radius 1 is 0.756 bits per heavy atom. The highest BCUT2D eigenvalue weighted by molar-refractivity contribution is 7.92. The summed E-state index contributed by atoms with van der Waals surface area (Å²) in [6, 6.07) is 28.5. The minimum absolute atomic E-state index is 0.0886. The summed E-state index contributed by atoms with van der Waals surface area (Å²) in [6.07, 6.45) is 1.02. The molecule has 1 atom stereocenters. The van der Waals surface area contributed by atoms with Crippen molar-refractivity contribution in [3.8, 4) is 0 Å². The average Bonchev–Trinajstić information content (AvgIpc) is 3.03. The standard InChI is InChI=1S/C37H43N3O4S/c1-6-22-38-37(42)35(24-31-10-8-7-9-11-31)39(25-32-17-12-27(2)13-18-32)36(41)26-40(33-19-16-29(4)30(5)23-33)45(43,44)34-20-14-28(3)15-21-34/h7-21,23,35H,6,22,24-26H2,1-5H3,(H,38,42)/t35-/m0/s1. The van der Waals surface area contributed by atoms with Crippen LogP contribution in [0.25, 0.3) is 0 Å². The Hall–Kier alpha value is -4.43. The Bertz CT molecular complexity index is 1700. The van der Waals surface area contributed by atoms with Crippen LogP contribution in [-0.4, -0.2) is 44.3 Å². The maximum atomic E-state index is 14.5. The normalized spacial score (nSPS) is 11.9.